The van der Waals surface area contributed by atoms with Crippen LogP contribution in [0.3, 0.4) is 0 Å². The summed E-state index contributed by atoms with van der Waals surface area (Å²) in [6.07, 6.45) is 8.09. The SMILES string of the molecule is C#Cc1cccc(NC(=O)CC2CCNCC2)c1. The fourth-order valence-corrected chi connectivity index (χ4v) is 2.25. The molecular weight excluding hydrogens is 224 g/mol. The average Bonchev–Trinajstić information content (AvgIpc) is 2.40. The van der Waals surface area contributed by atoms with Gasteiger partial charge in [-0.3, -0.25) is 4.79 Å². The number of benzene rings is 1. The molecule has 0 radical (unpaired) electrons. The highest BCUT2D eigenvalue weighted by Crippen LogP contribution is 2.17. The number of rotatable bonds is 3. The monoisotopic (exact) mass is 242 g/mol. The van der Waals surface area contributed by atoms with Crippen molar-refractivity contribution in [2.45, 2.75) is 19.3 Å². The molecule has 0 spiro atoms. The van der Waals surface area contributed by atoms with E-state index in [9.17, 15) is 4.79 Å². The smallest absolute Gasteiger partial charge is 0.224 e. The molecule has 0 atom stereocenters. The van der Waals surface area contributed by atoms with E-state index in [2.05, 4.69) is 16.6 Å². The van der Waals surface area contributed by atoms with E-state index in [0.29, 0.717) is 12.3 Å². The number of nitrogens with one attached hydrogen (secondary N) is 2. The van der Waals surface area contributed by atoms with E-state index in [-0.39, 0.29) is 5.91 Å². The Kier molecular flexibility index (Phi) is 4.38. The summed E-state index contributed by atoms with van der Waals surface area (Å²) in [6, 6.07) is 7.39. The molecule has 1 fully saturated rings. The first kappa shape index (κ1) is 12.7. The van der Waals surface area contributed by atoms with Crippen molar-refractivity contribution in [2.75, 3.05) is 18.4 Å². The average molecular weight is 242 g/mol. The van der Waals surface area contributed by atoms with Gasteiger partial charge in [-0.05, 0) is 50.0 Å². The lowest BCUT2D eigenvalue weighted by Gasteiger charge is -2.21. The number of piperidine rings is 1. The Hall–Kier alpha value is -1.79. The van der Waals surface area contributed by atoms with Gasteiger partial charge in [0.15, 0.2) is 0 Å². The lowest BCUT2D eigenvalue weighted by Crippen LogP contribution is -2.30. The first-order chi connectivity index (χ1) is 8.78. The second-order valence-electron chi connectivity index (χ2n) is 4.67. The van der Waals surface area contributed by atoms with Crippen LogP contribution in [0.1, 0.15) is 24.8 Å². The molecule has 1 aromatic rings. The zero-order valence-electron chi connectivity index (χ0n) is 10.4. The van der Waals surface area contributed by atoms with Crippen LogP contribution in [0, 0.1) is 18.3 Å². The van der Waals surface area contributed by atoms with Crippen molar-refractivity contribution in [3.05, 3.63) is 29.8 Å². The summed E-state index contributed by atoms with van der Waals surface area (Å²) < 4.78 is 0. The van der Waals surface area contributed by atoms with E-state index in [0.717, 1.165) is 37.2 Å². The molecule has 1 saturated heterocycles. The fourth-order valence-electron chi connectivity index (χ4n) is 2.25. The molecule has 1 aliphatic rings. The summed E-state index contributed by atoms with van der Waals surface area (Å²) in [5.41, 5.74) is 1.57. The molecule has 3 nitrogen and oxygen atoms in total. The third kappa shape index (κ3) is 3.61. The highest BCUT2D eigenvalue weighted by atomic mass is 16.1. The van der Waals surface area contributed by atoms with Crippen LogP contribution in [0.4, 0.5) is 5.69 Å². The second-order valence-corrected chi connectivity index (χ2v) is 4.67. The van der Waals surface area contributed by atoms with Gasteiger partial charge in [-0.15, -0.1) is 6.42 Å². The minimum Gasteiger partial charge on any atom is -0.326 e. The van der Waals surface area contributed by atoms with Crippen molar-refractivity contribution >= 4 is 11.6 Å². The molecule has 2 rings (SSSR count). The molecule has 1 aromatic carbocycles. The van der Waals surface area contributed by atoms with E-state index in [1.165, 1.54) is 0 Å². The number of amides is 1. The van der Waals surface area contributed by atoms with Gasteiger partial charge in [-0.2, -0.15) is 0 Å². The predicted molar refractivity (Wildman–Crippen MR) is 73.2 cm³/mol. The van der Waals surface area contributed by atoms with Crippen LogP contribution in [0.25, 0.3) is 0 Å². The molecule has 2 N–H and O–H groups in total. The van der Waals surface area contributed by atoms with Gasteiger partial charge in [-0.25, -0.2) is 0 Å². The second kappa shape index (κ2) is 6.23. The summed E-state index contributed by atoms with van der Waals surface area (Å²) >= 11 is 0. The maximum atomic E-state index is 11.9. The lowest BCUT2D eigenvalue weighted by atomic mass is 9.94. The number of hydrogen-bond acceptors (Lipinski definition) is 2. The van der Waals surface area contributed by atoms with Gasteiger partial charge in [-0.1, -0.05) is 12.0 Å². The molecule has 0 saturated carbocycles. The van der Waals surface area contributed by atoms with Crippen molar-refractivity contribution in [3.63, 3.8) is 0 Å². The van der Waals surface area contributed by atoms with Crippen LogP contribution in [-0.4, -0.2) is 19.0 Å². The Bertz CT molecular complexity index is 456. The topological polar surface area (TPSA) is 41.1 Å². The Morgan fingerprint density at radius 1 is 1.44 bits per heavy atom. The highest BCUT2D eigenvalue weighted by Gasteiger charge is 2.16. The number of carbonyl (C=O) groups excluding carboxylic acids is 1. The summed E-state index contributed by atoms with van der Waals surface area (Å²) in [4.78, 5) is 11.9. The first-order valence-corrected chi connectivity index (χ1v) is 6.35. The van der Waals surface area contributed by atoms with Gasteiger partial charge in [0.1, 0.15) is 0 Å². The van der Waals surface area contributed by atoms with Gasteiger partial charge in [0.05, 0.1) is 0 Å². The van der Waals surface area contributed by atoms with Crippen molar-refractivity contribution < 1.29 is 4.79 Å². The molecule has 1 aliphatic heterocycles. The lowest BCUT2D eigenvalue weighted by molar-refractivity contribution is -0.117. The van der Waals surface area contributed by atoms with E-state index in [4.69, 9.17) is 6.42 Å². The molecule has 18 heavy (non-hydrogen) atoms. The Morgan fingerprint density at radius 2 is 2.22 bits per heavy atom. The van der Waals surface area contributed by atoms with E-state index in [1.54, 1.807) is 0 Å². The molecule has 3 heteroatoms. The first-order valence-electron chi connectivity index (χ1n) is 6.35. The minimum atomic E-state index is 0.0797. The summed E-state index contributed by atoms with van der Waals surface area (Å²) in [5, 5.41) is 6.21. The normalized spacial score (nSPS) is 15.9. The van der Waals surface area contributed by atoms with Crippen LogP contribution < -0.4 is 10.6 Å². The minimum absolute atomic E-state index is 0.0797. The maximum absolute atomic E-state index is 11.9. The van der Waals surface area contributed by atoms with Gasteiger partial charge in [0.2, 0.25) is 5.91 Å². The Labute approximate surface area is 108 Å². The van der Waals surface area contributed by atoms with Gasteiger partial charge >= 0.3 is 0 Å². The van der Waals surface area contributed by atoms with Crippen molar-refractivity contribution in [3.8, 4) is 12.3 Å². The van der Waals surface area contributed by atoms with Gasteiger partial charge in [0, 0.05) is 17.7 Å². The maximum Gasteiger partial charge on any atom is 0.224 e. The third-order valence-electron chi connectivity index (χ3n) is 3.25. The molecule has 94 valence electrons. The van der Waals surface area contributed by atoms with E-state index >= 15 is 0 Å². The fraction of sp³-hybridized carbons (Fsp3) is 0.400. The van der Waals surface area contributed by atoms with E-state index in [1.807, 2.05) is 24.3 Å². The molecular formula is C15H18N2O. The van der Waals surface area contributed by atoms with Crippen LogP contribution in [0.15, 0.2) is 24.3 Å². The van der Waals surface area contributed by atoms with Gasteiger partial charge < -0.3 is 10.6 Å². The van der Waals surface area contributed by atoms with E-state index < -0.39 is 0 Å². The van der Waals surface area contributed by atoms with Crippen LogP contribution in [0.2, 0.25) is 0 Å². The third-order valence-corrected chi connectivity index (χ3v) is 3.25. The summed E-state index contributed by atoms with van der Waals surface area (Å²) in [7, 11) is 0. The van der Waals surface area contributed by atoms with Crippen LogP contribution in [0.5, 0.6) is 0 Å². The summed E-state index contributed by atoms with van der Waals surface area (Å²) in [5.74, 6) is 3.14. The largest absolute Gasteiger partial charge is 0.326 e. The van der Waals surface area contributed by atoms with Crippen LogP contribution in [-0.2, 0) is 4.79 Å². The standard InChI is InChI=1S/C15H18N2O/c1-2-12-4-3-5-14(10-12)17-15(18)11-13-6-8-16-9-7-13/h1,3-5,10,13,16H,6-9,11H2,(H,17,18). The van der Waals surface area contributed by atoms with Crippen molar-refractivity contribution in [1.29, 1.82) is 0 Å². The zero-order valence-corrected chi connectivity index (χ0v) is 10.4. The molecule has 0 aromatic heterocycles. The predicted octanol–water partition coefficient (Wildman–Crippen LogP) is 2.00. The Balaban J connectivity index is 1.88. The van der Waals surface area contributed by atoms with Crippen molar-refractivity contribution in [1.82, 2.24) is 5.32 Å². The zero-order chi connectivity index (χ0) is 12.8. The summed E-state index contributed by atoms with van der Waals surface area (Å²) in [6.45, 7) is 2.04. The Morgan fingerprint density at radius 3 is 2.94 bits per heavy atom. The number of carbonyl (C=O) groups is 1. The highest BCUT2D eigenvalue weighted by molar-refractivity contribution is 5.91. The number of hydrogen-bond donors (Lipinski definition) is 2. The van der Waals surface area contributed by atoms with Gasteiger partial charge in [0.25, 0.3) is 0 Å². The molecule has 0 bridgehead atoms. The molecule has 1 heterocycles. The molecule has 1 amide bonds. The van der Waals surface area contributed by atoms with Crippen LogP contribution >= 0.6 is 0 Å². The van der Waals surface area contributed by atoms with Crippen molar-refractivity contribution in [2.24, 2.45) is 5.92 Å². The number of terminal acetylenes is 1. The molecule has 0 aliphatic carbocycles. The number of anilines is 1. The molecule has 0 unspecified atom stereocenters. The quantitative estimate of drug-likeness (QED) is 0.796.